The van der Waals surface area contributed by atoms with Crippen LogP contribution in [0.3, 0.4) is 0 Å². The third-order valence-corrected chi connectivity index (χ3v) is 4.47. The highest BCUT2D eigenvalue weighted by Crippen LogP contribution is 2.24. The average Bonchev–Trinajstić information content (AvgIpc) is 2.57. The Balaban J connectivity index is 1.67. The van der Waals surface area contributed by atoms with Gasteiger partial charge in [0.15, 0.2) is 0 Å². The van der Waals surface area contributed by atoms with Crippen molar-refractivity contribution in [2.45, 2.75) is 13.5 Å². The Morgan fingerprint density at radius 2 is 1.78 bits per heavy atom. The summed E-state index contributed by atoms with van der Waals surface area (Å²) in [5.41, 5.74) is 3.53. The number of piperazine rings is 1. The highest BCUT2D eigenvalue weighted by molar-refractivity contribution is 5.60. The molecule has 0 amide bonds. The molecular formula is C19H20FN3. The van der Waals surface area contributed by atoms with Crippen molar-refractivity contribution in [1.82, 2.24) is 4.90 Å². The number of rotatable bonds is 3. The quantitative estimate of drug-likeness (QED) is 0.871. The van der Waals surface area contributed by atoms with Crippen LogP contribution in [0.5, 0.6) is 0 Å². The van der Waals surface area contributed by atoms with Crippen LogP contribution in [-0.2, 0) is 6.54 Å². The van der Waals surface area contributed by atoms with Crippen molar-refractivity contribution in [3.05, 3.63) is 65.0 Å². The van der Waals surface area contributed by atoms with Gasteiger partial charge in [0.25, 0.3) is 0 Å². The minimum Gasteiger partial charge on any atom is -0.368 e. The zero-order chi connectivity index (χ0) is 16.2. The minimum atomic E-state index is -0.438. The fraction of sp³-hybridized carbons (Fsp3) is 0.316. The second-order valence-corrected chi connectivity index (χ2v) is 5.94. The van der Waals surface area contributed by atoms with Crippen LogP contribution in [-0.4, -0.2) is 31.1 Å². The van der Waals surface area contributed by atoms with Crippen molar-refractivity contribution >= 4 is 5.69 Å². The molecule has 0 bridgehead atoms. The van der Waals surface area contributed by atoms with Gasteiger partial charge >= 0.3 is 0 Å². The van der Waals surface area contributed by atoms with E-state index in [4.69, 9.17) is 0 Å². The second-order valence-electron chi connectivity index (χ2n) is 5.94. The van der Waals surface area contributed by atoms with Gasteiger partial charge in [-0.25, -0.2) is 4.39 Å². The molecule has 4 heteroatoms. The first-order valence-electron chi connectivity index (χ1n) is 7.89. The summed E-state index contributed by atoms with van der Waals surface area (Å²) in [5, 5.41) is 9.18. The molecule has 1 aliphatic rings. The summed E-state index contributed by atoms with van der Waals surface area (Å²) in [6.07, 6.45) is 0. The van der Waals surface area contributed by atoms with Crippen LogP contribution in [0.1, 0.15) is 16.7 Å². The van der Waals surface area contributed by atoms with Gasteiger partial charge in [0.2, 0.25) is 0 Å². The third-order valence-electron chi connectivity index (χ3n) is 4.47. The van der Waals surface area contributed by atoms with Crippen molar-refractivity contribution in [3.8, 4) is 6.07 Å². The Bertz CT molecular complexity index is 728. The molecule has 0 aromatic heterocycles. The number of aryl methyl sites for hydroxylation is 1. The van der Waals surface area contributed by atoms with Gasteiger partial charge in [0, 0.05) is 32.7 Å². The van der Waals surface area contributed by atoms with E-state index < -0.39 is 5.82 Å². The molecule has 23 heavy (non-hydrogen) atoms. The molecule has 0 radical (unpaired) electrons. The Labute approximate surface area is 136 Å². The highest BCUT2D eigenvalue weighted by Gasteiger charge is 2.21. The summed E-state index contributed by atoms with van der Waals surface area (Å²) in [6, 6.07) is 15.3. The number of anilines is 1. The van der Waals surface area contributed by atoms with E-state index in [0.29, 0.717) is 5.69 Å². The fourth-order valence-electron chi connectivity index (χ4n) is 3.06. The molecule has 2 aromatic carbocycles. The van der Waals surface area contributed by atoms with Gasteiger partial charge in [-0.3, -0.25) is 4.90 Å². The van der Waals surface area contributed by atoms with Crippen molar-refractivity contribution in [2.75, 3.05) is 31.1 Å². The van der Waals surface area contributed by atoms with Crippen LogP contribution < -0.4 is 4.90 Å². The Morgan fingerprint density at radius 1 is 1.04 bits per heavy atom. The maximum atomic E-state index is 13.8. The van der Waals surface area contributed by atoms with Gasteiger partial charge in [-0.05, 0) is 30.2 Å². The van der Waals surface area contributed by atoms with Gasteiger partial charge in [0.1, 0.15) is 17.4 Å². The Kier molecular flexibility index (Phi) is 4.59. The standard InChI is InChI=1S/C19H20FN3/c1-15-5-2-3-6-16(15)14-22-9-11-23(12-10-22)19-8-4-7-18(20)17(19)13-21/h2-8H,9-12,14H2,1H3. The SMILES string of the molecule is Cc1ccccc1CN1CCN(c2cccc(F)c2C#N)CC1. The minimum absolute atomic E-state index is 0.153. The molecule has 1 aliphatic heterocycles. The molecule has 0 saturated carbocycles. The van der Waals surface area contributed by atoms with E-state index in [-0.39, 0.29) is 5.56 Å². The lowest BCUT2D eigenvalue weighted by molar-refractivity contribution is 0.249. The van der Waals surface area contributed by atoms with E-state index in [9.17, 15) is 9.65 Å². The van der Waals surface area contributed by atoms with E-state index in [1.807, 2.05) is 12.1 Å². The third kappa shape index (κ3) is 3.35. The molecule has 2 aromatic rings. The number of halogens is 1. The summed E-state index contributed by atoms with van der Waals surface area (Å²) in [6.45, 7) is 6.52. The smallest absolute Gasteiger partial charge is 0.143 e. The number of nitrogens with zero attached hydrogens (tertiary/aromatic N) is 3. The second kappa shape index (κ2) is 6.80. The van der Waals surface area contributed by atoms with E-state index in [1.165, 1.54) is 17.2 Å². The molecule has 0 unspecified atom stereocenters. The van der Waals surface area contributed by atoms with Crippen molar-refractivity contribution in [2.24, 2.45) is 0 Å². The van der Waals surface area contributed by atoms with Gasteiger partial charge in [-0.1, -0.05) is 30.3 Å². The number of hydrogen-bond acceptors (Lipinski definition) is 3. The summed E-state index contributed by atoms with van der Waals surface area (Å²) in [7, 11) is 0. The Morgan fingerprint density at radius 3 is 2.48 bits per heavy atom. The predicted octanol–water partition coefficient (Wildman–Crippen LogP) is 3.33. The van der Waals surface area contributed by atoms with Gasteiger partial charge in [-0.2, -0.15) is 5.26 Å². The van der Waals surface area contributed by atoms with Gasteiger partial charge in [-0.15, -0.1) is 0 Å². The lowest BCUT2D eigenvalue weighted by Gasteiger charge is -2.36. The van der Waals surface area contributed by atoms with Crippen LogP contribution in [0.15, 0.2) is 42.5 Å². The maximum Gasteiger partial charge on any atom is 0.143 e. The Hall–Kier alpha value is -2.38. The first-order valence-corrected chi connectivity index (χ1v) is 7.89. The van der Waals surface area contributed by atoms with E-state index in [0.717, 1.165) is 32.7 Å². The lowest BCUT2D eigenvalue weighted by Crippen LogP contribution is -2.46. The maximum absolute atomic E-state index is 13.8. The molecule has 3 nitrogen and oxygen atoms in total. The topological polar surface area (TPSA) is 30.3 Å². The van der Waals surface area contributed by atoms with Crippen molar-refractivity contribution in [1.29, 1.82) is 5.26 Å². The molecule has 1 heterocycles. The molecular weight excluding hydrogens is 289 g/mol. The largest absolute Gasteiger partial charge is 0.368 e. The van der Waals surface area contributed by atoms with Crippen LogP contribution in [0.2, 0.25) is 0 Å². The van der Waals surface area contributed by atoms with Crippen LogP contribution in [0.25, 0.3) is 0 Å². The van der Waals surface area contributed by atoms with Gasteiger partial charge in [0.05, 0.1) is 5.69 Å². The molecule has 118 valence electrons. The predicted molar refractivity (Wildman–Crippen MR) is 89.8 cm³/mol. The van der Waals surface area contributed by atoms with E-state index >= 15 is 0 Å². The molecule has 0 spiro atoms. The molecule has 0 atom stereocenters. The average molecular weight is 309 g/mol. The first-order chi connectivity index (χ1) is 11.2. The number of nitriles is 1. The van der Waals surface area contributed by atoms with Crippen molar-refractivity contribution < 1.29 is 4.39 Å². The molecule has 3 rings (SSSR count). The first kappa shape index (κ1) is 15.5. The molecule has 1 saturated heterocycles. The van der Waals surface area contributed by atoms with Crippen LogP contribution >= 0.6 is 0 Å². The summed E-state index contributed by atoms with van der Waals surface area (Å²) >= 11 is 0. The summed E-state index contributed by atoms with van der Waals surface area (Å²) in [4.78, 5) is 4.51. The number of hydrogen-bond donors (Lipinski definition) is 0. The molecule has 1 fully saturated rings. The van der Waals surface area contributed by atoms with E-state index in [2.05, 4.69) is 41.0 Å². The normalized spacial score (nSPS) is 15.4. The molecule has 0 N–H and O–H groups in total. The summed E-state index contributed by atoms with van der Waals surface area (Å²) < 4.78 is 13.8. The van der Waals surface area contributed by atoms with Gasteiger partial charge < -0.3 is 4.90 Å². The lowest BCUT2D eigenvalue weighted by atomic mass is 10.1. The number of benzene rings is 2. The zero-order valence-electron chi connectivity index (χ0n) is 13.3. The molecule has 0 aliphatic carbocycles. The fourth-order valence-corrected chi connectivity index (χ4v) is 3.06. The van der Waals surface area contributed by atoms with Crippen molar-refractivity contribution in [3.63, 3.8) is 0 Å². The summed E-state index contributed by atoms with van der Waals surface area (Å²) in [5.74, 6) is -0.438. The zero-order valence-corrected chi connectivity index (χ0v) is 13.3. The van der Waals surface area contributed by atoms with Crippen LogP contribution in [0.4, 0.5) is 10.1 Å². The van der Waals surface area contributed by atoms with E-state index in [1.54, 1.807) is 6.07 Å². The highest BCUT2D eigenvalue weighted by atomic mass is 19.1. The van der Waals surface area contributed by atoms with Crippen LogP contribution in [0, 0.1) is 24.1 Å². The monoisotopic (exact) mass is 309 g/mol.